The number of methoxy groups -OCH3 is 1. The number of ether oxygens (including phenoxy) is 1. The molecule has 0 spiro atoms. The number of carbonyl (C=O) groups is 1. The summed E-state index contributed by atoms with van der Waals surface area (Å²) in [5.74, 6) is 1.36. The largest absolute Gasteiger partial charge is 0.497 e. The number of aromatic nitrogens is 3. The SMILES string of the molecule is COc1ccc(-n2cc(C(=O)N3CCC(Cc4ccccc4)CC3)nn2)cc1. The molecule has 2 aromatic carbocycles. The van der Waals surface area contributed by atoms with Gasteiger partial charge in [0, 0.05) is 13.1 Å². The Balaban J connectivity index is 1.36. The van der Waals surface area contributed by atoms with Gasteiger partial charge in [-0.15, -0.1) is 5.10 Å². The molecule has 6 heteroatoms. The maximum absolute atomic E-state index is 12.8. The summed E-state index contributed by atoms with van der Waals surface area (Å²) in [5, 5.41) is 8.19. The fourth-order valence-electron chi connectivity index (χ4n) is 3.67. The van der Waals surface area contributed by atoms with Gasteiger partial charge < -0.3 is 9.64 Å². The van der Waals surface area contributed by atoms with E-state index in [1.165, 1.54) is 5.56 Å². The van der Waals surface area contributed by atoms with Crippen molar-refractivity contribution < 1.29 is 9.53 Å². The third-order valence-corrected chi connectivity index (χ3v) is 5.32. The minimum atomic E-state index is -0.0436. The molecule has 0 unspecified atom stereocenters. The van der Waals surface area contributed by atoms with Gasteiger partial charge in [0.15, 0.2) is 5.69 Å². The second kappa shape index (κ2) is 8.25. The van der Waals surface area contributed by atoms with Crippen LogP contribution in [0.4, 0.5) is 0 Å². The summed E-state index contributed by atoms with van der Waals surface area (Å²) >= 11 is 0. The lowest BCUT2D eigenvalue weighted by atomic mass is 9.90. The van der Waals surface area contributed by atoms with Gasteiger partial charge in [0.2, 0.25) is 0 Å². The van der Waals surface area contributed by atoms with Crippen LogP contribution < -0.4 is 4.74 Å². The summed E-state index contributed by atoms with van der Waals surface area (Å²) in [7, 11) is 1.63. The highest BCUT2D eigenvalue weighted by Gasteiger charge is 2.25. The molecule has 1 aromatic heterocycles. The van der Waals surface area contributed by atoms with Crippen LogP contribution in [0.5, 0.6) is 5.75 Å². The van der Waals surface area contributed by atoms with E-state index < -0.39 is 0 Å². The van der Waals surface area contributed by atoms with Crippen molar-refractivity contribution in [3.8, 4) is 11.4 Å². The fraction of sp³-hybridized carbons (Fsp3) is 0.318. The normalized spacial score (nSPS) is 14.8. The number of nitrogens with zero attached hydrogens (tertiary/aromatic N) is 4. The van der Waals surface area contributed by atoms with Crippen LogP contribution in [0.2, 0.25) is 0 Å². The summed E-state index contributed by atoms with van der Waals surface area (Å²) in [5.41, 5.74) is 2.60. The number of amides is 1. The van der Waals surface area contributed by atoms with Gasteiger partial charge in [0.05, 0.1) is 19.0 Å². The maximum Gasteiger partial charge on any atom is 0.276 e. The zero-order valence-corrected chi connectivity index (χ0v) is 16.0. The van der Waals surface area contributed by atoms with Crippen LogP contribution in [0, 0.1) is 5.92 Å². The predicted octanol–water partition coefficient (Wildman–Crippen LogP) is 3.37. The Morgan fingerprint density at radius 2 is 1.79 bits per heavy atom. The molecule has 1 fully saturated rings. The van der Waals surface area contributed by atoms with Crippen LogP contribution in [-0.2, 0) is 6.42 Å². The number of benzene rings is 2. The molecule has 0 atom stereocenters. The van der Waals surface area contributed by atoms with Crippen molar-refractivity contribution in [1.29, 1.82) is 0 Å². The number of carbonyl (C=O) groups excluding carboxylic acids is 1. The van der Waals surface area contributed by atoms with Crippen LogP contribution in [0.15, 0.2) is 60.8 Å². The van der Waals surface area contributed by atoms with E-state index in [0.717, 1.165) is 43.8 Å². The van der Waals surface area contributed by atoms with Crippen molar-refractivity contribution in [3.05, 3.63) is 72.1 Å². The van der Waals surface area contributed by atoms with E-state index in [1.807, 2.05) is 35.2 Å². The Bertz CT molecular complexity index is 913. The number of rotatable bonds is 5. The first-order valence-electron chi connectivity index (χ1n) is 9.63. The molecule has 3 aromatic rings. The summed E-state index contributed by atoms with van der Waals surface area (Å²) in [4.78, 5) is 14.7. The maximum atomic E-state index is 12.8. The lowest BCUT2D eigenvalue weighted by Gasteiger charge is -2.31. The third kappa shape index (κ3) is 4.06. The average molecular weight is 376 g/mol. The Hall–Kier alpha value is -3.15. The van der Waals surface area contributed by atoms with E-state index in [0.29, 0.717) is 11.6 Å². The molecule has 1 aliphatic rings. The van der Waals surface area contributed by atoms with Gasteiger partial charge in [-0.2, -0.15) is 0 Å². The van der Waals surface area contributed by atoms with Gasteiger partial charge in [0.25, 0.3) is 5.91 Å². The highest BCUT2D eigenvalue weighted by molar-refractivity contribution is 5.92. The van der Waals surface area contributed by atoms with Crippen LogP contribution in [-0.4, -0.2) is 46.0 Å². The van der Waals surface area contributed by atoms with Crippen molar-refractivity contribution in [1.82, 2.24) is 19.9 Å². The topological polar surface area (TPSA) is 60.2 Å². The summed E-state index contributed by atoms with van der Waals surface area (Å²) in [6.07, 6.45) is 4.82. The summed E-state index contributed by atoms with van der Waals surface area (Å²) < 4.78 is 6.79. The van der Waals surface area contributed by atoms with Crippen LogP contribution in [0.3, 0.4) is 0 Å². The molecule has 2 heterocycles. The van der Waals surface area contributed by atoms with Crippen LogP contribution in [0.1, 0.15) is 28.9 Å². The van der Waals surface area contributed by atoms with E-state index in [4.69, 9.17) is 4.74 Å². The van der Waals surface area contributed by atoms with Gasteiger partial charge in [-0.05, 0) is 55.0 Å². The quantitative estimate of drug-likeness (QED) is 0.685. The van der Waals surface area contributed by atoms with E-state index in [9.17, 15) is 4.79 Å². The molecule has 6 nitrogen and oxygen atoms in total. The molecule has 1 saturated heterocycles. The highest BCUT2D eigenvalue weighted by Crippen LogP contribution is 2.23. The van der Waals surface area contributed by atoms with E-state index in [-0.39, 0.29) is 5.91 Å². The lowest BCUT2D eigenvalue weighted by molar-refractivity contribution is 0.0684. The first-order chi connectivity index (χ1) is 13.7. The van der Waals surface area contributed by atoms with Crippen molar-refractivity contribution in [2.75, 3.05) is 20.2 Å². The summed E-state index contributed by atoms with van der Waals surface area (Å²) in [6.45, 7) is 1.54. The monoisotopic (exact) mass is 376 g/mol. The van der Waals surface area contributed by atoms with Gasteiger partial charge >= 0.3 is 0 Å². The van der Waals surface area contributed by atoms with Gasteiger partial charge in [-0.25, -0.2) is 4.68 Å². The van der Waals surface area contributed by atoms with Gasteiger partial charge in [-0.1, -0.05) is 35.5 Å². The Morgan fingerprint density at radius 3 is 2.46 bits per heavy atom. The molecule has 144 valence electrons. The molecule has 0 aliphatic carbocycles. The lowest BCUT2D eigenvalue weighted by Crippen LogP contribution is -2.39. The number of hydrogen-bond acceptors (Lipinski definition) is 4. The zero-order chi connectivity index (χ0) is 19.3. The van der Waals surface area contributed by atoms with Crippen LogP contribution >= 0.6 is 0 Å². The molecule has 4 rings (SSSR count). The second-order valence-corrected chi connectivity index (χ2v) is 7.17. The molecular formula is C22H24N4O2. The predicted molar refractivity (Wildman–Crippen MR) is 107 cm³/mol. The van der Waals surface area contributed by atoms with Crippen molar-refractivity contribution in [3.63, 3.8) is 0 Å². The number of likely N-dealkylation sites (tertiary alicyclic amines) is 1. The van der Waals surface area contributed by atoms with Gasteiger partial charge in [0.1, 0.15) is 5.75 Å². The minimum absolute atomic E-state index is 0.0436. The number of hydrogen-bond donors (Lipinski definition) is 0. The molecule has 0 bridgehead atoms. The minimum Gasteiger partial charge on any atom is -0.497 e. The molecule has 0 N–H and O–H groups in total. The highest BCUT2D eigenvalue weighted by atomic mass is 16.5. The average Bonchev–Trinajstić information content (AvgIpc) is 3.25. The Labute approximate surface area is 164 Å². The first kappa shape index (κ1) is 18.2. The molecular weight excluding hydrogens is 352 g/mol. The molecule has 1 amide bonds. The second-order valence-electron chi connectivity index (χ2n) is 7.17. The van der Waals surface area contributed by atoms with Gasteiger partial charge in [-0.3, -0.25) is 4.79 Å². The Morgan fingerprint density at radius 1 is 1.07 bits per heavy atom. The van der Waals surface area contributed by atoms with E-state index >= 15 is 0 Å². The molecule has 28 heavy (non-hydrogen) atoms. The van der Waals surface area contributed by atoms with Crippen molar-refractivity contribution in [2.24, 2.45) is 5.92 Å². The standard InChI is InChI=1S/C22H24N4O2/c1-28-20-9-7-19(8-10-20)26-16-21(23-24-26)22(27)25-13-11-18(12-14-25)15-17-5-3-2-4-6-17/h2-10,16,18H,11-15H2,1H3. The fourth-order valence-corrected chi connectivity index (χ4v) is 3.67. The first-order valence-corrected chi connectivity index (χ1v) is 9.63. The van der Waals surface area contributed by atoms with Crippen molar-refractivity contribution >= 4 is 5.91 Å². The molecule has 0 saturated carbocycles. The Kier molecular flexibility index (Phi) is 5.37. The summed E-state index contributed by atoms with van der Waals surface area (Å²) in [6, 6.07) is 18.0. The smallest absolute Gasteiger partial charge is 0.276 e. The van der Waals surface area contributed by atoms with Crippen molar-refractivity contribution in [2.45, 2.75) is 19.3 Å². The molecule has 1 aliphatic heterocycles. The van der Waals surface area contributed by atoms with E-state index in [1.54, 1.807) is 18.0 Å². The van der Waals surface area contributed by atoms with E-state index in [2.05, 4.69) is 34.6 Å². The zero-order valence-electron chi connectivity index (χ0n) is 16.0. The third-order valence-electron chi connectivity index (χ3n) is 5.32. The number of piperidine rings is 1. The van der Waals surface area contributed by atoms with Crippen LogP contribution in [0.25, 0.3) is 5.69 Å². The molecule has 0 radical (unpaired) electrons.